The number of aliphatic hydroxyl groups is 1. The normalized spacial score (nSPS) is 35.6. The molecule has 3 heteroatoms. The summed E-state index contributed by atoms with van der Waals surface area (Å²) in [6.07, 6.45) is 6.97. The van der Waals surface area contributed by atoms with Crippen molar-refractivity contribution in [3.63, 3.8) is 0 Å². The van der Waals surface area contributed by atoms with Gasteiger partial charge in [-0.2, -0.15) is 0 Å². The fourth-order valence-corrected chi connectivity index (χ4v) is 2.26. The van der Waals surface area contributed by atoms with E-state index >= 15 is 0 Å². The van der Waals surface area contributed by atoms with Gasteiger partial charge >= 0.3 is 0 Å². The molecule has 2 aliphatic rings. The maximum absolute atomic E-state index is 9.68. The zero-order valence-corrected chi connectivity index (χ0v) is 8.78. The molecule has 2 aliphatic carbocycles. The lowest BCUT2D eigenvalue weighted by Crippen LogP contribution is -2.41. The van der Waals surface area contributed by atoms with E-state index in [0.29, 0.717) is 18.0 Å². The lowest BCUT2D eigenvalue weighted by atomic mass is 9.92. The Morgan fingerprint density at radius 3 is 2.36 bits per heavy atom. The maximum atomic E-state index is 9.68. The van der Waals surface area contributed by atoms with Gasteiger partial charge in [0.2, 0.25) is 0 Å². The number of hydrogen-bond donors (Lipinski definition) is 3. The first-order chi connectivity index (χ1) is 6.75. The van der Waals surface area contributed by atoms with Crippen LogP contribution in [0.5, 0.6) is 0 Å². The van der Waals surface area contributed by atoms with Crippen molar-refractivity contribution in [1.82, 2.24) is 5.32 Å². The summed E-state index contributed by atoms with van der Waals surface area (Å²) < 4.78 is 0. The molecule has 0 radical (unpaired) electrons. The fourth-order valence-electron chi connectivity index (χ4n) is 2.26. The summed E-state index contributed by atoms with van der Waals surface area (Å²) in [5.74, 6) is 0.591. The van der Waals surface area contributed by atoms with Crippen molar-refractivity contribution in [3.8, 4) is 0 Å². The minimum absolute atomic E-state index is 0.106. The van der Waals surface area contributed by atoms with Crippen LogP contribution in [0.2, 0.25) is 0 Å². The highest BCUT2D eigenvalue weighted by Gasteiger charge is 2.30. The fraction of sp³-hybridized carbons (Fsp3) is 1.00. The molecule has 3 nitrogen and oxygen atoms in total. The molecule has 1 atom stereocenters. The topological polar surface area (TPSA) is 58.3 Å². The van der Waals surface area contributed by atoms with E-state index in [1.54, 1.807) is 0 Å². The number of nitrogens with two attached hydrogens (primary N) is 1. The second-order valence-corrected chi connectivity index (χ2v) is 4.92. The summed E-state index contributed by atoms with van der Waals surface area (Å²) in [6.45, 7) is 0.782. The first kappa shape index (κ1) is 10.4. The van der Waals surface area contributed by atoms with Crippen LogP contribution in [-0.2, 0) is 0 Å². The minimum atomic E-state index is -0.106. The largest absolute Gasteiger partial charge is 0.392 e. The van der Waals surface area contributed by atoms with Crippen LogP contribution in [0, 0.1) is 5.92 Å². The minimum Gasteiger partial charge on any atom is -0.392 e. The van der Waals surface area contributed by atoms with Gasteiger partial charge in [0.25, 0.3) is 0 Å². The van der Waals surface area contributed by atoms with E-state index in [2.05, 4.69) is 5.32 Å². The van der Waals surface area contributed by atoms with Gasteiger partial charge < -0.3 is 16.2 Å². The van der Waals surface area contributed by atoms with Crippen molar-refractivity contribution < 1.29 is 5.11 Å². The Kier molecular flexibility index (Phi) is 3.42. The van der Waals surface area contributed by atoms with E-state index in [0.717, 1.165) is 19.4 Å². The van der Waals surface area contributed by atoms with Gasteiger partial charge in [-0.05, 0) is 44.4 Å². The summed E-state index contributed by atoms with van der Waals surface area (Å²) >= 11 is 0. The highest BCUT2D eigenvalue weighted by Crippen LogP contribution is 2.32. The van der Waals surface area contributed by atoms with Crippen LogP contribution in [-0.4, -0.2) is 29.8 Å². The molecule has 0 aliphatic heterocycles. The third-order valence-corrected chi connectivity index (χ3v) is 3.55. The molecule has 0 bridgehead atoms. The van der Waals surface area contributed by atoms with E-state index < -0.39 is 0 Å². The molecule has 0 spiro atoms. The molecular weight excluding hydrogens is 176 g/mol. The Balaban J connectivity index is 1.60. The Bertz CT molecular complexity index is 174. The molecule has 0 aromatic heterocycles. The number of aliphatic hydroxyl groups excluding tert-OH is 1. The molecule has 0 saturated heterocycles. The summed E-state index contributed by atoms with van der Waals surface area (Å²) in [7, 11) is 0. The van der Waals surface area contributed by atoms with E-state index in [9.17, 15) is 5.11 Å². The van der Waals surface area contributed by atoms with Crippen molar-refractivity contribution in [2.45, 2.75) is 56.7 Å². The van der Waals surface area contributed by atoms with Crippen molar-refractivity contribution in [2.24, 2.45) is 11.7 Å². The quantitative estimate of drug-likeness (QED) is 0.620. The lowest BCUT2D eigenvalue weighted by molar-refractivity contribution is 0.141. The molecule has 4 N–H and O–H groups in total. The molecule has 0 heterocycles. The van der Waals surface area contributed by atoms with E-state index in [4.69, 9.17) is 5.73 Å². The van der Waals surface area contributed by atoms with Crippen LogP contribution >= 0.6 is 0 Å². The Morgan fingerprint density at radius 2 is 1.79 bits per heavy atom. The van der Waals surface area contributed by atoms with Crippen molar-refractivity contribution in [3.05, 3.63) is 0 Å². The number of hydrogen-bond acceptors (Lipinski definition) is 3. The predicted octanol–water partition coefficient (Wildman–Crippen LogP) is 0.617. The zero-order valence-electron chi connectivity index (χ0n) is 8.78. The van der Waals surface area contributed by atoms with Gasteiger partial charge in [0.1, 0.15) is 0 Å². The smallest absolute Gasteiger partial charge is 0.0692 e. The average molecular weight is 198 g/mol. The Labute approximate surface area is 86.1 Å². The van der Waals surface area contributed by atoms with Crippen LogP contribution in [0.3, 0.4) is 0 Å². The third-order valence-electron chi connectivity index (χ3n) is 3.55. The Morgan fingerprint density at radius 1 is 1.14 bits per heavy atom. The lowest BCUT2D eigenvalue weighted by Gasteiger charge is -2.27. The zero-order chi connectivity index (χ0) is 9.97. The van der Waals surface area contributed by atoms with Gasteiger partial charge in [-0.3, -0.25) is 0 Å². The Hall–Kier alpha value is -0.120. The molecular formula is C11H22N2O. The first-order valence-electron chi connectivity index (χ1n) is 5.92. The first-order valence-corrected chi connectivity index (χ1v) is 5.92. The predicted molar refractivity (Wildman–Crippen MR) is 57.0 cm³/mol. The second-order valence-electron chi connectivity index (χ2n) is 4.92. The maximum Gasteiger partial charge on any atom is 0.0692 e. The second kappa shape index (κ2) is 4.60. The van der Waals surface area contributed by atoms with Gasteiger partial charge in [-0.25, -0.2) is 0 Å². The van der Waals surface area contributed by atoms with Crippen molar-refractivity contribution in [2.75, 3.05) is 6.54 Å². The molecule has 1 unspecified atom stereocenters. The molecule has 82 valence electrons. The third kappa shape index (κ3) is 2.94. The van der Waals surface area contributed by atoms with Crippen LogP contribution < -0.4 is 11.1 Å². The number of nitrogens with one attached hydrogen (secondary N) is 1. The highest BCUT2D eigenvalue weighted by atomic mass is 16.3. The van der Waals surface area contributed by atoms with Gasteiger partial charge in [0, 0.05) is 18.6 Å². The monoisotopic (exact) mass is 198 g/mol. The summed E-state index contributed by atoms with van der Waals surface area (Å²) in [5.41, 5.74) is 5.83. The average Bonchev–Trinajstić information content (AvgIpc) is 3.00. The van der Waals surface area contributed by atoms with Crippen LogP contribution in [0.25, 0.3) is 0 Å². The highest BCUT2D eigenvalue weighted by molar-refractivity contribution is 4.85. The molecule has 2 rings (SSSR count). The SMILES string of the molecule is NC1CCC(NCC(O)C2CC2)CC1. The van der Waals surface area contributed by atoms with E-state index in [1.807, 2.05) is 0 Å². The summed E-state index contributed by atoms with van der Waals surface area (Å²) in [5, 5.41) is 13.1. The molecule has 14 heavy (non-hydrogen) atoms. The molecule has 0 aromatic carbocycles. The van der Waals surface area contributed by atoms with Crippen LogP contribution in [0.15, 0.2) is 0 Å². The molecule has 2 fully saturated rings. The van der Waals surface area contributed by atoms with Gasteiger partial charge in [-0.15, -0.1) is 0 Å². The standard InChI is InChI=1S/C11H22N2O/c12-9-3-5-10(6-4-9)13-7-11(14)8-1-2-8/h8-11,13-14H,1-7,12H2. The van der Waals surface area contributed by atoms with Crippen LogP contribution in [0.4, 0.5) is 0 Å². The van der Waals surface area contributed by atoms with Crippen molar-refractivity contribution in [1.29, 1.82) is 0 Å². The molecule has 0 amide bonds. The summed E-state index contributed by atoms with van der Waals surface area (Å²) in [4.78, 5) is 0. The van der Waals surface area contributed by atoms with Gasteiger partial charge in [-0.1, -0.05) is 0 Å². The van der Waals surface area contributed by atoms with Gasteiger partial charge in [0.05, 0.1) is 6.10 Å². The molecule has 0 aromatic rings. The molecule has 2 saturated carbocycles. The van der Waals surface area contributed by atoms with Gasteiger partial charge in [0.15, 0.2) is 0 Å². The van der Waals surface area contributed by atoms with Crippen molar-refractivity contribution >= 4 is 0 Å². The summed E-state index contributed by atoms with van der Waals surface area (Å²) in [6, 6.07) is 1.02. The van der Waals surface area contributed by atoms with Crippen LogP contribution in [0.1, 0.15) is 38.5 Å². The van der Waals surface area contributed by atoms with E-state index in [-0.39, 0.29) is 6.10 Å². The van der Waals surface area contributed by atoms with E-state index in [1.165, 1.54) is 25.7 Å². The number of rotatable bonds is 4.